The van der Waals surface area contributed by atoms with Gasteiger partial charge in [-0.05, 0) is 18.1 Å². The van der Waals surface area contributed by atoms with Gasteiger partial charge < -0.3 is 9.72 Å². The number of para-hydroxylation sites is 1. The second-order valence-electron chi connectivity index (χ2n) is 5.20. The molecule has 0 spiro atoms. The molecule has 5 heteroatoms. The van der Waals surface area contributed by atoms with Crippen molar-refractivity contribution in [3.8, 4) is 5.75 Å². The fraction of sp³-hybridized carbons (Fsp3) is 0.333. The summed E-state index contributed by atoms with van der Waals surface area (Å²) in [6, 6.07) is 8.22. The molecule has 1 atom stereocenters. The molecule has 0 saturated carbocycles. The zero-order chi connectivity index (χ0) is 13.5. The Hall–Kier alpha value is -1.33. The van der Waals surface area contributed by atoms with Crippen molar-refractivity contribution in [1.82, 2.24) is 9.97 Å². The van der Waals surface area contributed by atoms with Crippen LogP contribution in [-0.2, 0) is 17.9 Å². The van der Waals surface area contributed by atoms with Crippen LogP contribution in [0.15, 0.2) is 24.3 Å². The van der Waals surface area contributed by atoms with Gasteiger partial charge in [-0.2, -0.15) is 11.8 Å². The van der Waals surface area contributed by atoms with E-state index in [2.05, 4.69) is 22.1 Å². The zero-order valence-electron chi connectivity index (χ0n) is 10.9. The predicted molar refractivity (Wildman–Crippen MR) is 82.8 cm³/mol. The lowest BCUT2D eigenvalue weighted by Crippen LogP contribution is -2.21. The van der Waals surface area contributed by atoms with Crippen LogP contribution >= 0.6 is 24.0 Å². The van der Waals surface area contributed by atoms with Crippen molar-refractivity contribution < 1.29 is 4.74 Å². The van der Waals surface area contributed by atoms with E-state index in [4.69, 9.17) is 17.0 Å². The number of hydrogen-bond acceptors (Lipinski definition) is 4. The number of hydrogen-bond donors (Lipinski definition) is 1. The van der Waals surface area contributed by atoms with Gasteiger partial charge in [0.05, 0.1) is 12.5 Å². The Morgan fingerprint density at radius 3 is 3.15 bits per heavy atom. The molecule has 1 N–H and O–H groups in total. The number of aromatic nitrogens is 2. The molecule has 0 saturated heterocycles. The molecule has 2 aliphatic heterocycles. The maximum atomic E-state index is 5.85. The first-order valence-electron chi connectivity index (χ1n) is 6.71. The Morgan fingerprint density at radius 2 is 2.20 bits per heavy atom. The molecule has 0 bridgehead atoms. The van der Waals surface area contributed by atoms with Gasteiger partial charge in [-0.15, -0.1) is 0 Å². The van der Waals surface area contributed by atoms with Gasteiger partial charge in [0.25, 0.3) is 0 Å². The first kappa shape index (κ1) is 12.4. The Bertz CT molecular complexity index is 726. The van der Waals surface area contributed by atoms with Crippen molar-refractivity contribution in [3.63, 3.8) is 0 Å². The quantitative estimate of drug-likeness (QED) is 0.817. The number of aromatic amines is 1. The molecule has 0 aliphatic carbocycles. The van der Waals surface area contributed by atoms with E-state index in [0.717, 1.165) is 34.1 Å². The highest BCUT2D eigenvalue weighted by Gasteiger charge is 2.25. The summed E-state index contributed by atoms with van der Waals surface area (Å²) in [5, 5.41) is 0. The summed E-state index contributed by atoms with van der Waals surface area (Å²) >= 11 is 7.32. The average molecular weight is 302 g/mol. The highest BCUT2D eigenvalue weighted by molar-refractivity contribution is 7.98. The number of rotatable bonds is 1. The van der Waals surface area contributed by atoms with Crippen molar-refractivity contribution in [2.45, 2.75) is 23.8 Å². The molecule has 0 fully saturated rings. The van der Waals surface area contributed by atoms with E-state index in [1.165, 1.54) is 16.8 Å². The molecule has 1 unspecified atom stereocenters. The standard InChI is InChI=1S/C15H14N2OS2/c19-15-11-7-20-8-12(11)16-14(17-15)10-5-9-3-1-2-4-13(9)18-6-10/h1-4,10H,5-8H2,(H,16,17,19). The highest BCUT2D eigenvalue weighted by atomic mass is 32.2. The minimum Gasteiger partial charge on any atom is -0.493 e. The third-order valence-electron chi connectivity index (χ3n) is 3.88. The van der Waals surface area contributed by atoms with Crippen LogP contribution in [0.2, 0.25) is 0 Å². The summed E-state index contributed by atoms with van der Waals surface area (Å²) in [5.41, 5.74) is 3.72. The summed E-state index contributed by atoms with van der Waals surface area (Å²) in [6.07, 6.45) is 0.959. The molecule has 0 radical (unpaired) electrons. The molecular weight excluding hydrogens is 288 g/mol. The molecule has 102 valence electrons. The first-order chi connectivity index (χ1) is 9.81. The Kier molecular flexibility index (Phi) is 3.04. The number of thioether (sulfide) groups is 1. The van der Waals surface area contributed by atoms with E-state index >= 15 is 0 Å². The van der Waals surface area contributed by atoms with Gasteiger partial charge in [0.1, 0.15) is 16.2 Å². The van der Waals surface area contributed by atoms with Crippen LogP contribution in [-0.4, -0.2) is 16.6 Å². The van der Waals surface area contributed by atoms with Gasteiger partial charge >= 0.3 is 0 Å². The van der Waals surface area contributed by atoms with E-state index in [0.29, 0.717) is 6.61 Å². The molecule has 2 aliphatic rings. The Labute approximate surface area is 126 Å². The second-order valence-corrected chi connectivity index (χ2v) is 6.57. The molecule has 2 aromatic rings. The van der Waals surface area contributed by atoms with Crippen LogP contribution < -0.4 is 4.74 Å². The van der Waals surface area contributed by atoms with Gasteiger partial charge in [0.2, 0.25) is 0 Å². The summed E-state index contributed by atoms with van der Waals surface area (Å²) in [7, 11) is 0. The summed E-state index contributed by atoms with van der Waals surface area (Å²) < 4.78 is 6.61. The van der Waals surface area contributed by atoms with Gasteiger partial charge in [0.15, 0.2) is 0 Å². The van der Waals surface area contributed by atoms with Gasteiger partial charge in [-0.25, -0.2) is 4.98 Å². The van der Waals surface area contributed by atoms with Crippen LogP contribution in [0.5, 0.6) is 5.75 Å². The molecule has 4 rings (SSSR count). The predicted octanol–water partition coefficient (Wildman–Crippen LogP) is 3.60. The number of nitrogens with zero attached hydrogens (tertiary/aromatic N) is 1. The third kappa shape index (κ3) is 2.05. The maximum absolute atomic E-state index is 5.85. The largest absolute Gasteiger partial charge is 0.493 e. The molecule has 20 heavy (non-hydrogen) atoms. The highest BCUT2D eigenvalue weighted by Crippen LogP contribution is 2.33. The number of nitrogens with one attached hydrogen (secondary N) is 1. The van der Waals surface area contributed by atoms with Crippen molar-refractivity contribution in [2.24, 2.45) is 0 Å². The number of H-pyrrole nitrogens is 1. The van der Waals surface area contributed by atoms with E-state index in [9.17, 15) is 0 Å². The molecule has 1 aromatic heterocycles. The Balaban J connectivity index is 1.70. The molecule has 1 aromatic carbocycles. The van der Waals surface area contributed by atoms with Crippen molar-refractivity contribution in [2.75, 3.05) is 6.61 Å². The number of benzene rings is 1. The SMILES string of the molecule is S=c1nc(C2COc3ccccc3C2)[nH]c2c1CSC2. The molecule has 3 nitrogen and oxygen atoms in total. The molecule has 0 amide bonds. The van der Waals surface area contributed by atoms with Crippen molar-refractivity contribution in [3.05, 3.63) is 51.6 Å². The third-order valence-corrected chi connectivity index (χ3v) is 5.21. The maximum Gasteiger partial charge on any atom is 0.134 e. The average Bonchev–Trinajstić information content (AvgIpc) is 2.96. The Morgan fingerprint density at radius 1 is 1.30 bits per heavy atom. The van der Waals surface area contributed by atoms with Gasteiger partial charge in [0, 0.05) is 22.8 Å². The van der Waals surface area contributed by atoms with Crippen LogP contribution in [0.25, 0.3) is 0 Å². The minimum absolute atomic E-state index is 0.266. The van der Waals surface area contributed by atoms with E-state index in [1.807, 2.05) is 23.9 Å². The van der Waals surface area contributed by atoms with Crippen LogP contribution in [0.1, 0.15) is 28.6 Å². The molecular formula is C15H14N2OS2. The topological polar surface area (TPSA) is 37.9 Å². The normalized spacial score (nSPS) is 20.1. The number of ether oxygens (including phenoxy) is 1. The fourth-order valence-corrected chi connectivity index (χ4v) is 4.24. The number of fused-ring (bicyclic) bond motifs is 2. The lowest BCUT2D eigenvalue weighted by Gasteiger charge is -2.25. The van der Waals surface area contributed by atoms with Crippen LogP contribution in [0.4, 0.5) is 0 Å². The van der Waals surface area contributed by atoms with Gasteiger partial charge in [-0.3, -0.25) is 0 Å². The van der Waals surface area contributed by atoms with E-state index in [1.54, 1.807) is 0 Å². The molecule has 3 heterocycles. The monoisotopic (exact) mass is 302 g/mol. The second kappa shape index (κ2) is 4.90. The smallest absolute Gasteiger partial charge is 0.134 e. The first-order valence-corrected chi connectivity index (χ1v) is 8.28. The van der Waals surface area contributed by atoms with Crippen LogP contribution in [0.3, 0.4) is 0 Å². The minimum atomic E-state index is 0.266. The fourth-order valence-electron chi connectivity index (χ4n) is 2.79. The summed E-state index contributed by atoms with van der Waals surface area (Å²) in [6.45, 7) is 0.668. The van der Waals surface area contributed by atoms with Crippen molar-refractivity contribution in [1.29, 1.82) is 0 Å². The van der Waals surface area contributed by atoms with E-state index in [-0.39, 0.29) is 5.92 Å². The summed E-state index contributed by atoms with van der Waals surface area (Å²) in [5.74, 6) is 4.24. The van der Waals surface area contributed by atoms with Crippen molar-refractivity contribution >= 4 is 24.0 Å². The van der Waals surface area contributed by atoms with E-state index < -0.39 is 0 Å². The zero-order valence-corrected chi connectivity index (χ0v) is 12.5. The lowest BCUT2D eigenvalue weighted by atomic mass is 9.96. The lowest BCUT2D eigenvalue weighted by molar-refractivity contribution is 0.257. The van der Waals surface area contributed by atoms with Gasteiger partial charge in [-0.1, -0.05) is 30.4 Å². The van der Waals surface area contributed by atoms with Crippen LogP contribution in [0, 0.1) is 4.64 Å². The summed E-state index contributed by atoms with van der Waals surface area (Å²) in [4.78, 5) is 8.09.